The molecule has 5 nitrogen and oxygen atoms in total. The van der Waals surface area contributed by atoms with E-state index in [2.05, 4.69) is 0 Å². The number of carbonyl (C=O) groups is 1. The number of benzene rings is 3. The quantitative estimate of drug-likeness (QED) is 0.528. The van der Waals surface area contributed by atoms with Crippen LogP contribution >= 0.6 is 0 Å². The molecule has 0 saturated heterocycles. The lowest BCUT2D eigenvalue weighted by molar-refractivity contribution is 0.112. The number of aliphatic hydroxyl groups is 1. The van der Waals surface area contributed by atoms with Gasteiger partial charge < -0.3 is 9.84 Å². The molecule has 0 spiro atoms. The molecule has 0 fully saturated rings. The topological polar surface area (TPSA) is 68.5 Å². The predicted octanol–water partition coefficient (Wildman–Crippen LogP) is 3.97. The molecule has 1 N–H and O–H groups in total. The van der Waals surface area contributed by atoms with Crippen LogP contribution < -0.4 is 10.3 Å². The van der Waals surface area contributed by atoms with Crippen molar-refractivity contribution < 1.29 is 14.6 Å². The summed E-state index contributed by atoms with van der Waals surface area (Å²) in [5.74, 6) is 0.742. The van der Waals surface area contributed by atoms with Crippen LogP contribution in [0.5, 0.6) is 5.75 Å². The van der Waals surface area contributed by atoms with E-state index in [1.165, 1.54) is 0 Å². The molecule has 29 heavy (non-hydrogen) atoms. The zero-order valence-electron chi connectivity index (χ0n) is 15.8. The molecule has 1 heterocycles. The minimum atomic E-state index is -0.166. The molecule has 0 aliphatic rings. The number of methoxy groups -OCH3 is 1. The first-order valence-corrected chi connectivity index (χ1v) is 9.14. The average Bonchev–Trinajstić information content (AvgIpc) is 2.79. The van der Waals surface area contributed by atoms with Crippen molar-refractivity contribution in [2.45, 2.75) is 6.61 Å². The summed E-state index contributed by atoms with van der Waals surface area (Å²) in [6, 6.07) is 19.8. The highest BCUT2D eigenvalue weighted by Gasteiger charge is 2.13. The summed E-state index contributed by atoms with van der Waals surface area (Å²) < 4.78 is 6.82. The smallest absolute Gasteiger partial charge is 0.262 e. The third-order valence-corrected chi connectivity index (χ3v) is 4.97. The highest BCUT2D eigenvalue weighted by molar-refractivity contribution is 5.96. The molecule has 0 atom stereocenters. The second-order valence-electron chi connectivity index (χ2n) is 6.69. The van der Waals surface area contributed by atoms with Gasteiger partial charge in [-0.05, 0) is 65.0 Å². The van der Waals surface area contributed by atoms with Crippen molar-refractivity contribution in [2.75, 3.05) is 7.11 Å². The minimum absolute atomic E-state index is 0.103. The first kappa shape index (κ1) is 18.7. The van der Waals surface area contributed by atoms with Crippen LogP contribution in [-0.4, -0.2) is 23.1 Å². The maximum absolute atomic E-state index is 13.2. The van der Waals surface area contributed by atoms with Crippen LogP contribution in [0, 0.1) is 0 Å². The van der Waals surface area contributed by atoms with Crippen molar-refractivity contribution in [3.63, 3.8) is 0 Å². The van der Waals surface area contributed by atoms with Gasteiger partial charge in [-0.1, -0.05) is 18.2 Å². The van der Waals surface area contributed by atoms with Gasteiger partial charge in [0.2, 0.25) is 0 Å². The van der Waals surface area contributed by atoms with Crippen molar-refractivity contribution in [3.05, 3.63) is 94.4 Å². The zero-order valence-corrected chi connectivity index (χ0v) is 15.8. The summed E-state index contributed by atoms with van der Waals surface area (Å²) in [6.07, 6.45) is 2.57. The zero-order chi connectivity index (χ0) is 20.4. The normalized spacial score (nSPS) is 10.8. The van der Waals surface area contributed by atoms with Crippen molar-refractivity contribution in [3.8, 4) is 22.6 Å². The molecule has 5 heteroatoms. The maximum Gasteiger partial charge on any atom is 0.262 e. The van der Waals surface area contributed by atoms with Crippen molar-refractivity contribution in [2.24, 2.45) is 0 Å². The van der Waals surface area contributed by atoms with Crippen molar-refractivity contribution >= 4 is 17.1 Å². The number of ether oxygens (including phenoxy) is 1. The molecule has 3 aromatic carbocycles. The van der Waals surface area contributed by atoms with Crippen molar-refractivity contribution in [1.29, 1.82) is 0 Å². The van der Waals surface area contributed by atoms with Gasteiger partial charge in [0.1, 0.15) is 12.0 Å². The molecule has 0 bridgehead atoms. The van der Waals surface area contributed by atoms with E-state index in [1.54, 1.807) is 54.3 Å². The minimum Gasteiger partial charge on any atom is -0.497 e. The summed E-state index contributed by atoms with van der Waals surface area (Å²) in [6.45, 7) is -0.103. The molecule has 0 aliphatic carbocycles. The van der Waals surface area contributed by atoms with Gasteiger partial charge in [-0.3, -0.25) is 14.2 Å². The maximum atomic E-state index is 13.2. The number of aromatic nitrogens is 1. The van der Waals surface area contributed by atoms with Crippen LogP contribution in [-0.2, 0) is 6.61 Å². The van der Waals surface area contributed by atoms with E-state index in [1.807, 2.05) is 30.3 Å². The first-order valence-electron chi connectivity index (χ1n) is 9.14. The summed E-state index contributed by atoms with van der Waals surface area (Å²) in [7, 11) is 1.61. The van der Waals surface area contributed by atoms with Gasteiger partial charge in [0.15, 0.2) is 0 Å². The molecule has 144 valence electrons. The lowest BCUT2D eigenvalue weighted by Gasteiger charge is -2.14. The van der Waals surface area contributed by atoms with Crippen LogP contribution in [0.1, 0.15) is 15.9 Å². The number of hydrogen-bond donors (Lipinski definition) is 1. The van der Waals surface area contributed by atoms with Gasteiger partial charge in [0.25, 0.3) is 5.56 Å². The molecule has 0 unspecified atom stereocenters. The predicted molar refractivity (Wildman–Crippen MR) is 113 cm³/mol. The summed E-state index contributed by atoms with van der Waals surface area (Å²) in [5, 5.41) is 10.9. The van der Waals surface area contributed by atoms with Gasteiger partial charge in [-0.2, -0.15) is 0 Å². The van der Waals surface area contributed by atoms with Gasteiger partial charge in [-0.25, -0.2) is 0 Å². The van der Waals surface area contributed by atoms with Gasteiger partial charge in [0, 0.05) is 28.4 Å². The fourth-order valence-corrected chi connectivity index (χ4v) is 3.39. The summed E-state index contributed by atoms with van der Waals surface area (Å²) >= 11 is 0. The van der Waals surface area contributed by atoms with Gasteiger partial charge >= 0.3 is 0 Å². The number of aliphatic hydroxyl groups excluding tert-OH is 1. The Morgan fingerprint density at radius 3 is 2.31 bits per heavy atom. The second-order valence-corrected chi connectivity index (χ2v) is 6.69. The molecule has 4 rings (SSSR count). The van der Waals surface area contributed by atoms with E-state index in [-0.39, 0.29) is 12.2 Å². The lowest BCUT2D eigenvalue weighted by atomic mass is 9.98. The molecular weight excluding hydrogens is 366 g/mol. The lowest BCUT2D eigenvalue weighted by Crippen LogP contribution is -2.18. The molecule has 0 aliphatic heterocycles. The first-order chi connectivity index (χ1) is 14.1. The number of rotatable bonds is 5. The third-order valence-electron chi connectivity index (χ3n) is 4.97. The monoisotopic (exact) mass is 385 g/mol. The van der Waals surface area contributed by atoms with E-state index in [0.29, 0.717) is 16.6 Å². The van der Waals surface area contributed by atoms with E-state index < -0.39 is 0 Å². The molecule has 0 amide bonds. The Morgan fingerprint density at radius 2 is 1.69 bits per heavy atom. The van der Waals surface area contributed by atoms with Crippen LogP contribution in [0.4, 0.5) is 0 Å². The van der Waals surface area contributed by atoms with Crippen LogP contribution in [0.3, 0.4) is 0 Å². The SMILES string of the molecule is COc1ccc(-c2cn(-c3ccc(C=O)cc3)c(=O)c3ccc(CO)cc23)cc1. The number of hydrogen-bond acceptors (Lipinski definition) is 4. The fraction of sp³-hybridized carbons (Fsp3) is 0.0833. The molecule has 4 aromatic rings. The average molecular weight is 385 g/mol. The number of fused-ring (bicyclic) bond motifs is 1. The highest BCUT2D eigenvalue weighted by atomic mass is 16.5. The Balaban J connectivity index is 2.01. The Bertz CT molecular complexity index is 1240. The molecule has 1 aromatic heterocycles. The molecular formula is C24H19NO4. The third kappa shape index (κ3) is 3.44. The van der Waals surface area contributed by atoms with Crippen molar-refractivity contribution in [1.82, 2.24) is 4.57 Å². The van der Waals surface area contributed by atoms with Crippen LogP contribution in [0.15, 0.2) is 77.7 Å². The summed E-state index contributed by atoms with van der Waals surface area (Å²) in [4.78, 5) is 24.1. The standard InChI is InChI=1S/C24H19NO4/c1-29-20-9-5-18(6-10-20)23-13-25(19-7-2-16(14-26)3-8-19)24(28)21-11-4-17(15-27)12-22(21)23/h2-14,27H,15H2,1H3. The highest BCUT2D eigenvalue weighted by Crippen LogP contribution is 2.30. The largest absolute Gasteiger partial charge is 0.497 e. The van der Waals surface area contributed by atoms with E-state index in [4.69, 9.17) is 4.74 Å². The summed E-state index contributed by atoms with van der Waals surface area (Å²) in [5.41, 5.74) is 3.57. The Kier molecular flexibility index (Phi) is 4.97. The van der Waals surface area contributed by atoms with E-state index in [9.17, 15) is 14.7 Å². The van der Waals surface area contributed by atoms with Crippen LogP contribution in [0.25, 0.3) is 27.6 Å². The number of aldehydes is 1. The fourth-order valence-electron chi connectivity index (χ4n) is 3.39. The Morgan fingerprint density at radius 1 is 0.966 bits per heavy atom. The number of carbonyl (C=O) groups excluding carboxylic acids is 1. The number of nitrogens with zero attached hydrogens (tertiary/aromatic N) is 1. The molecule has 0 radical (unpaired) electrons. The number of pyridine rings is 1. The second kappa shape index (κ2) is 7.73. The van der Waals surface area contributed by atoms with E-state index in [0.717, 1.165) is 34.1 Å². The van der Waals surface area contributed by atoms with Gasteiger partial charge in [-0.15, -0.1) is 0 Å². The van der Waals surface area contributed by atoms with Crippen LogP contribution in [0.2, 0.25) is 0 Å². The Labute approximate surface area is 167 Å². The van der Waals surface area contributed by atoms with E-state index >= 15 is 0 Å². The Hall–Kier alpha value is -3.70. The molecule has 0 saturated carbocycles. The van der Waals surface area contributed by atoms with Gasteiger partial charge in [0.05, 0.1) is 13.7 Å².